The Morgan fingerprint density at radius 2 is 0.396 bits per heavy atom. The largest absolute Gasteiger partial charge is 0.516 e. The van der Waals surface area contributed by atoms with Gasteiger partial charge >= 0.3 is 89.9 Å². The lowest BCUT2D eigenvalue weighted by Gasteiger charge is -2.08. The lowest BCUT2D eigenvalue weighted by molar-refractivity contribution is -0.147. The second-order valence-electron chi connectivity index (χ2n) is 27.5. The Morgan fingerprint density at radius 1 is 0.221 bits per heavy atom. The Bertz CT molecular complexity index is 6690. The second-order valence-corrected chi connectivity index (χ2v) is 27.5. The molecule has 0 aliphatic heterocycles. The van der Waals surface area contributed by atoms with Crippen molar-refractivity contribution in [1.29, 1.82) is 10.5 Å². The summed E-state index contributed by atoms with van der Waals surface area (Å²) in [4.78, 5) is 171. The number of carbonyl (C=O) groups is 15. The zero-order valence-electron chi connectivity index (χ0n) is 78.7. The fraction of sp³-hybridized carbons (Fsp3) is 0.0734. The summed E-state index contributed by atoms with van der Waals surface area (Å²) in [7, 11) is 3.09. The molecule has 0 spiro atoms. The molecule has 0 saturated carbocycles. The lowest BCUT2D eigenvalue weighted by Crippen LogP contribution is -2.15. The molecule has 0 bridgehead atoms. The summed E-state index contributed by atoms with van der Waals surface area (Å²) >= 11 is 0. The maximum Gasteiger partial charge on any atom is 0.516 e. The van der Waals surface area contributed by atoms with Crippen LogP contribution in [0.1, 0.15) is 83.6 Å². The Morgan fingerprint density at radius 3 is 0.597 bits per heavy atom. The van der Waals surface area contributed by atoms with Gasteiger partial charge in [0, 0.05) is 36.5 Å². The van der Waals surface area contributed by atoms with Crippen LogP contribution in [0.25, 0.3) is 0 Å². The van der Waals surface area contributed by atoms with Gasteiger partial charge in [0.1, 0.15) is 80.5 Å². The van der Waals surface area contributed by atoms with E-state index in [9.17, 15) is 71.9 Å². The van der Waals surface area contributed by atoms with Gasteiger partial charge in [0.15, 0.2) is 0 Å². The summed E-state index contributed by atoms with van der Waals surface area (Å²) in [6.07, 6.45) is 3.84. The topological polar surface area (TPSA) is 527 Å². The number of nitrogens with zero attached hydrogens (tertiary/aromatic N) is 2. The Kier molecular flexibility index (Phi) is 48.6. The van der Waals surface area contributed by atoms with Gasteiger partial charge in [-0.2, -0.15) is 10.5 Å². The summed E-state index contributed by atoms with van der Waals surface area (Å²) in [5, 5.41) is 26.3. The van der Waals surface area contributed by atoms with Gasteiger partial charge in [0.2, 0.25) is 40.8 Å². The van der Waals surface area contributed by atoms with E-state index in [-0.39, 0.29) is 72.4 Å². The van der Waals surface area contributed by atoms with Crippen molar-refractivity contribution in [1.82, 2.24) is 0 Å². The first kappa shape index (κ1) is 114. The highest BCUT2D eigenvalue weighted by molar-refractivity contribution is 5.95. The van der Waals surface area contributed by atoms with Crippen molar-refractivity contribution in [3.05, 3.63) is 423 Å². The van der Waals surface area contributed by atoms with E-state index in [4.69, 9.17) is 81.9 Å². The molecule has 1 N–H and O–H groups in total. The van der Waals surface area contributed by atoms with Gasteiger partial charge < -0.3 is 109 Å². The number of para-hydroxylation sites is 1. The summed E-state index contributed by atoms with van der Waals surface area (Å²) in [6.45, 7) is 17.2. The zero-order valence-corrected chi connectivity index (χ0v) is 78.7. The van der Waals surface area contributed by atoms with E-state index in [0.717, 1.165) is 36.5 Å². The third-order valence-corrected chi connectivity index (χ3v) is 17.6. The van der Waals surface area contributed by atoms with Crippen molar-refractivity contribution in [2.24, 2.45) is 0 Å². The van der Waals surface area contributed by atoms with E-state index < -0.39 is 103 Å². The first-order chi connectivity index (χ1) is 71.9. The fourth-order valence-corrected chi connectivity index (χ4v) is 10.2. The van der Waals surface area contributed by atoms with Crippen LogP contribution in [0.5, 0.6) is 80.5 Å². The number of ether oxygens (including phenoxy) is 22. The van der Waals surface area contributed by atoms with Gasteiger partial charge in [-0.15, -0.1) is 0 Å². The number of carboxylic acid groups (broad SMARTS) is 1. The molecule has 40 heteroatoms. The van der Waals surface area contributed by atoms with Crippen molar-refractivity contribution in [3.63, 3.8) is 0 Å². The van der Waals surface area contributed by atoms with Crippen LogP contribution >= 0.6 is 0 Å². The molecule has 760 valence electrons. The van der Waals surface area contributed by atoms with Crippen molar-refractivity contribution in [2.75, 3.05) is 55.0 Å². The number of aromatic carboxylic acids is 1. The summed E-state index contributed by atoms with van der Waals surface area (Å²) in [6, 6.07) is 79.6. The molecular weight excluding hydrogens is 1950 g/mol. The normalized spacial score (nSPS) is 9.61. The molecule has 0 radical (unpaired) electrons. The summed E-state index contributed by atoms with van der Waals surface area (Å²) < 4.78 is 108. The number of hydrogen-bond acceptors (Lipinski definition) is 39. The molecule has 0 fully saturated rings. The first-order valence-electron chi connectivity index (χ1n) is 42.5. The molecule has 0 aliphatic carbocycles. The number of nitriles is 2. The monoisotopic (exact) mass is 2030 g/mol. The highest BCUT2D eigenvalue weighted by Crippen LogP contribution is 2.27. The third-order valence-electron chi connectivity index (χ3n) is 17.6. The fourth-order valence-electron chi connectivity index (χ4n) is 10.2. The SMILES string of the molecule is C=CC(=O)OCOC(=O)Oc1ccc(C(=O)Oc2ccc(C#N)cc2)cc1.C=CC(=O)OCOC(=O)Oc1ccc(C(=O)Oc2ccc(OC)cc2)cc1.C=CC(=O)OCOc1ccc(C(=O)Oc2ccc(C#N)cc2)cc1.C=CC(=O)OCOc1ccc(C(=O)Oc2ccc(C(=O)O)cc2)cc1.C=CC(=O)OCOc1ccc(C(=O)Oc2ccc(OC)cc2)cc1.C=CC(=O)OCOc1ccc(C(=O)Oc2ccccc2)cc1. The number of carbonyl (C=O) groups excluding carboxylic acids is 14. The van der Waals surface area contributed by atoms with Gasteiger partial charge in [-0.1, -0.05) is 57.7 Å². The minimum atomic E-state index is -1.08. The van der Waals surface area contributed by atoms with Gasteiger partial charge in [-0.05, 0) is 279 Å². The first-order valence-corrected chi connectivity index (χ1v) is 42.5. The predicted molar refractivity (Wildman–Crippen MR) is 520 cm³/mol. The molecule has 12 aromatic rings. The van der Waals surface area contributed by atoms with Crippen molar-refractivity contribution >= 4 is 89.9 Å². The highest BCUT2D eigenvalue weighted by Gasteiger charge is 2.19. The van der Waals surface area contributed by atoms with Crippen molar-refractivity contribution in [3.8, 4) is 92.6 Å². The molecule has 0 unspecified atom stereocenters. The average molecular weight is 2030 g/mol. The summed E-state index contributed by atoms with van der Waals surface area (Å²) in [5.74, 6) is -2.74. The van der Waals surface area contributed by atoms with Crippen LogP contribution in [0.2, 0.25) is 0 Å². The molecule has 0 atom stereocenters. The van der Waals surface area contributed by atoms with E-state index in [1.165, 1.54) is 141 Å². The molecule has 0 amide bonds. The third kappa shape index (κ3) is 43.4. The molecule has 0 heterocycles. The Hall–Kier alpha value is -21.5. The molecule has 0 aliphatic rings. The van der Waals surface area contributed by atoms with Crippen LogP contribution in [-0.2, 0) is 66.7 Å². The number of rotatable bonds is 39. The van der Waals surface area contributed by atoms with Crippen molar-refractivity contribution < 1.29 is 181 Å². The minimum Gasteiger partial charge on any atom is -0.497 e. The van der Waals surface area contributed by atoms with Crippen LogP contribution in [0, 0.1) is 22.7 Å². The smallest absolute Gasteiger partial charge is 0.497 e. The maximum atomic E-state index is 12.1. The minimum absolute atomic E-state index is 0.0958. The Labute approximate surface area is 848 Å². The molecule has 12 aromatic carbocycles. The molecular formula is C109H86N2O38. The number of esters is 12. The molecule has 12 rings (SSSR count). The predicted octanol–water partition coefficient (Wildman–Crippen LogP) is 17.6. The average Bonchev–Trinajstić information content (AvgIpc) is 0.873. The van der Waals surface area contributed by atoms with Gasteiger partial charge in [0.05, 0.1) is 76.4 Å². The standard InChI is InChI=1S/C19H13NO7.C19H16O8.C18H13NO5.C18H14O7.C18H16O6.C17H14O5/c1-2-17(21)24-12-25-19(23)27-16-9-5-14(6-10-16)18(22)26-15-7-3-13(11-20)4-8-15;1-3-17(20)24-12-25-19(22)27-16-6-4-13(5-7-16)18(21)26-15-10-8-14(23-2)9-11-15;1-2-17(20)23-12-22-15-9-5-14(6-10-15)18(21)24-16-7-3-13(11-19)4-8-16;1-2-16(19)24-11-23-14-7-5-13(6-8-14)18(22)25-15-9-3-12(4-10-15)17(20)21;1-3-17(19)23-12-22-15-6-4-13(5-7-15)18(20)24-16-10-8-14(21-2)9-11-16;1-2-16(18)21-12-20-14-10-8-13(9-11-14)17(19)22-15-6-4-3-5-7-15/h2-10H,1,12H2;3-11H,1,12H2,2H3;2-10H,1,12H2;2-10H,1,11H2,(H,20,21);3-11H,1,12H2,2H3;2-11H,1,12H2. The van der Waals surface area contributed by atoms with Gasteiger partial charge in [0.25, 0.3) is 0 Å². The van der Waals surface area contributed by atoms with Crippen LogP contribution in [-0.4, -0.2) is 150 Å². The second kappa shape index (κ2) is 63.2. The van der Waals surface area contributed by atoms with Crippen LogP contribution in [0.4, 0.5) is 9.59 Å². The van der Waals surface area contributed by atoms with E-state index in [1.807, 2.05) is 18.2 Å². The van der Waals surface area contributed by atoms with Crippen LogP contribution in [0.3, 0.4) is 0 Å². The number of methoxy groups -OCH3 is 2. The number of benzene rings is 12. The molecule has 0 aromatic heterocycles. The molecule has 0 saturated heterocycles. The van der Waals surface area contributed by atoms with Gasteiger partial charge in [-0.25, -0.2) is 71.9 Å². The van der Waals surface area contributed by atoms with Crippen LogP contribution < -0.4 is 66.3 Å². The molecule has 40 nitrogen and oxygen atoms in total. The van der Waals surface area contributed by atoms with E-state index >= 15 is 0 Å². The summed E-state index contributed by atoms with van der Waals surface area (Å²) in [5.41, 5.74) is 2.86. The number of hydrogen-bond donors (Lipinski definition) is 1. The van der Waals surface area contributed by atoms with E-state index in [2.05, 4.69) is 77.4 Å². The maximum absolute atomic E-state index is 12.1. The molecule has 149 heavy (non-hydrogen) atoms. The Balaban J connectivity index is 0.000000242. The van der Waals surface area contributed by atoms with E-state index in [1.54, 1.807) is 165 Å². The van der Waals surface area contributed by atoms with E-state index in [0.29, 0.717) is 85.3 Å². The van der Waals surface area contributed by atoms with Crippen molar-refractivity contribution in [2.45, 2.75) is 0 Å². The number of carboxylic acids is 1. The lowest BCUT2D eigenvalue weighted by atomic mass is 10.2. The zero-order chi connectivity index (χ0) is 108. The highest BCUT2D eigenvalue weighted by atomic mass is 16.8. The quantitative estimate of drug-likeness (QED) is 0.00933. The van der Waals surface area contributed by atoms with Crippen LogP contribution in [0.15, 0.2) is 373 Å². The van der Waals surface area contributed by atoms with Gasteiger partial charge in [-0.3, -0.25) is 0 Å².